The largest absolute Gasteiger partial charge is 0.326 e. The Morgan fingerprint density at radius 3 is 2.72 bits per heavy atom. The molecule has 0 aliphatic rings. The number of H-pyrrole nitrogens is 1. The van der Waals surface area contributed by atoms with E-state index in [4.69, 9.17) is 0 Å². The standard InChI is InChI=1S/C21H17N5O3/c27-19-13-22-26(18-7-2-1-6-16(18)19)11-10-20(28)23-15-5-3-4-14(12-15)17-8-9-21(29)25-24-17/h1-9,12-13H,10-11H2,(H,23,28)(H,25,29). The van der Waals surface area contributed by atoms with Crippen molar-refractivity contribution in [2.45, 2.75) is 13.0 Å². The third-order valence-corrected chi connectivity index (χ3v) is 4.43. The number of aromatic nitrogens is 4. The zero-order chi connectivity index (χ0) is 20.2. The number of carbonyl (C=O) groups excluding carboxylic acids is 1. The number of amides is 1. The van der Waals surface area contributed by atoms with Gasteiger partial charge in [0, 0.05) is 29.1 Å². The number of fused-ring (bicyclic) bond motifs is 1. The summed E-state index contributed by atoms with van der Waals surface area (Å²) in [5.41, 5.74) is 2.27. The lowest BCUT2D eigenvalue weighted by Gasteiger charge is -2.10. The van der Waals surface area contributed by atoms with E-state index in [9.17, 15) is 14.4 Å². The highest BCUT2D eigenvalue weighted by Gasteiger charge is 2.08. The van der Waals surface area contributed by atoms with Crippen LogP contribution in [0.2, 0.25) is 0 Å². The number of carbonyl (C=O) groups is 1. The van der Waals surface area contributed by atoms with Gasteiger partial charge in [-0.15, -0.1) is 0 Å². The van der Waals surface area contributed by atoms with Gasteiger partial charge < -0.3 is 5.32 Å². The Labute approximate surface area is 164 Å². The maximum absolute atomic E-state index is 12.4. The fourth-order valence-corrected chi connectivity index (χ4v) is 3.03. The van der Waals surface area contributed by atoms with E-state index in [0.717, 1.165) is 5.56 Å². The van der Waals surface area contributed by atoms with E-state index in [1.165, 1.54) is 12.3 Å². The van der Waals surface area contributed by atoms with Crippen molar-refractivity contribution in [3.8, 4) is 11.3 Å². The highest BCUT2D eigenvalue weighted by atomic mass is 16.1. The van der Waals surface area contributed by atoms with Crippen LogP contribution in [-0.2, 0) is 11.3 Å². The van der Waals surface area contributed by atoms with E-state index < -0.39 is 0 Å². The minimum absolute atomic E-state index is 0.144. The number of benzene rings is 2. The summed E-state index contributed by atoms with van der Waals surface area (Å²) in [6, 6.07) is 17.4. The van der Waals surface area contributed by atoms with E-state index >= 15 is 0 Å². The van der Waals surface area contributed by atoms with Crippen LogP contribution in [0.15, 0.2) is 76.4 Å². The number of para-hydroxylation sites is 1. The van der Waals surface area contributed by atoms with Crippen LogP contribution in [0.1, 0.15) is 6.42 Å². The van der Waals surface area contributed by atoms with Crippen LogP contribution in [0.3, 0.4) is 0 Å². The van der Waals surface area contributed by atoms with Gasteiger partial charge >= 0.3 is 0 Å². The number of hydrogen-bond donors (Lipinski definition) is 2. The highest BCUT2D eigenvalue weighted by molar-refractivity contribution is 5.91. The van der Waals surface area contributed by atoms with Crippen molar-refractivity contribution in [2.75, 3.05) is 5.32 Å². The van der Waals surface area contributed by atoms with Gasteiger partial charge in [0.1, 0.15) is 0 Å². The van der Waals surface area contributed by atoms with E-state index in [2.05, 4.69) is 20.6 Å². The molecule has 2 aromatic carbocycles. The van der Waals surface area contributed by atoms with E-state index in [1.807, 2.05) is 18.2 Å². The predicted octanol–water partition coefficient (Wildman–Crippen LogP) is 2.18. The normalized spacial score (nSPS) is 10.8. The second kappa shape index (κ2) is 7.89. The Kier molecular flexibility index (Phi) is 4.98. The molecule has 8 heteroatoms. The quantitative estimate of drug-likeness (QED) is 0.545. The lowest BCUT2D eigenvalue weighted by Crippen LogP contribution is -2.18. The van der Waals surface area contributed by atoms with Gasteiger partial charge in [-0.25, -0.2) is 5.10 Å². The Balaban J connectivity index is 1.46. The molecule has 8 nitrogen and oxygen atoms in total. The number of nitrogens with zero attached hydrogens (tertiary/aromatic N) is 3. The summed E-state index contributed by atoms with van der Waals surface area (Å²) in [6.07, 6.45) is 1.46. The van der Waals surface area contributed by atoms with Crippen molar-refractivity contribution < 1.29 is 4.79 Å². The first-order valence-electron chi connectivity index (χ1n) is 9.01. The summed E-state index contributed by atoms with van der Waals surface area (Å²) in [4.78, 5) is 35.5. The molecule has 0 aliphatic carbocycles. The molecule has 144 valence electrons. The molecule has 1 amide bonds. The SMILES string of the molecule is O=C(CCn1ncc(=O)c2ccccc21)Nc1cccc(-c2ccc(=O)[nH]n2)c1. The third-order valence-electron chi connectivity index (χ3n) is 4.43. The average molecular weight is 387 g/mol. The van der Waals surface area contributed by atoms with Gasteiger partial charge in [0.25, 0.3) is 5.56 Å². The molecule has 0 atom stereocenters. The summed E-state index contributed by atoms with van der Waals surface area (Å²) < 4.78 is 1.65. The maximum atomic E-state index is 12.4. The first-order valence-corrected chi connectivity index (χ1v) is 9.01. The van der Waals surface area contributed by atoms with Gasteiger partial charge in [-0.1, -0.05) is 24.3 Å². The Morgan fingerprint density at radius 1 is 1.03 bits per heavy atom. The number of hydrogen-bond acceptors (Lipinski definition) is 5. The molecule has 4 aromatic rings. The summed E-state index contributed by atoms with van der Waals surface area (Å²) in [7, 11) is 0. The van der Waals surface area contributed by atoms with Crippen molar-refractivity contribution in [3.05, 3.63) is 87.4 Å². The lowest BCUT2D eigenvalue weighted by molar-refractivity contribution is -0.116. The topological polar surface area (TPSA) is 110 Å². The molecule has 2 N–H and O–H groups in total. The molecule has 0 bridgehead atoms. The van der Waals surface area contributed by atoms with Crippen molar-refractivity contribution >= 4 is 22.5 Å². The van der Waals surface area contributed by atoms with Crippen LogP contribution in [0.25, 0.3) is 22.2 Å². The number of nitrogens with one attached hydrogen (secondary N) is 2. The van der Waals surface area contributed by atoms with Crippen LogP contribution in [0.5, 0.6) is 0 Å². The van der Waals surface area contributed by atoms with Gasteiger partial charge in [-0.3, -0.25) is 19.1 Å². The number of rotatable bonds is 5. The number of anilines is 1. The Bertz CT molecular complexity index is 1290. The molecule has 29 heavy (non-hydrogen) atoms. The van der Waals surface area contributed by atoms with Gasteiger partial charge in [0.05, 0.1) is 24.0 Å². The molecule has 2 heterocycles. The van der Waals surface area contributed by atoms with Crippen LogP contribution < -0.4 is 16.3 Å². The second-order valence-corrected chi connectivity index (χ2v) is 6.43. The minimum Gasteiger partial charge on any atom is -0.326 e. The van der Waals surface area contributed by atoms with Crippen molar-refractivity contribution in [3.63, 3.8) is 0 Å². The fraction of sp³-hybridized carbons (Fsp3) is 0.0952. The van der Waals surface area contributed by atoms with E-state index in [-0.39, 0.29) is 23.3 Å². The summed E-state index contributed by atoms with van der Waals surface area (Å²) in [5.74, 6) is -0.179. The Hall–Kier alpha value is -4.07. The van der Waals surface area contributed by atoms with Crippen molar-refractivity contribution in [2.24, 2.45) is 0 Å². The summed E-state index contributed by atoms with van der Waals surface area (Å²) >= 11 is 0. The molecule has 2 aromatic heterocycles. The molecular formula is C21H17N5O3. The molecule has 0 saturated heterocycles. The number of aromatic amines is 1. The smallest absolute Gasteiger partial charge is 0.264 e. The molecule has 0 radical (unpaired) electrons. The molecular weight excluding hydrogens is 370 g/mol. The van der Waals surface area contributed by atoms with Crippen LogP contribution in [0, 0.1) is 0 Å². The molecule has 0 unspecified atom stereocenters. The molecule has 0 saturated carbocycles. The van der Waals surface area contributed by atoms with E-state index in [1.54, 1.807) is 41.1 Å². The average Bonchev–Trinajstić information content (AvgIpc) is 2.74. The second-order valence-electron chi connectivity index (χ2n) is 6.43. The summed E-state index contributed by atoms with van der Waals surface area (Å²) in [6.45, 7) is 0.341. The molecule has 0 fully saturated rings. The first-order chi connectivity index (χ1) is 14.1. The number of aryl methyl sites for hydroxylation is 1. The van der Waals surface area contributed by atoms with Crippen LogP contribution in [-0.4, -0.2) is 25.9 Å². The van der Waals surface area contributed by atoms with Crippen LogP contribution in [0.4, 0.5) is 5.69 Å². The highest BCUT2D eigenvalue weighted by Crippen LogP contribution is 2.20. The first kappa shape index (κ1) is 18.3. The summed E-state index contributed by atoms with van der Waals surface area (Å²) in [5, 5.41) is 13.9. The van der Waals surface area contributed by atoms with E-state index in [0.29, 0.717) is 28.8 Å². The Morgan fingerprint density at radius 2 is 1.90 bits per heavy atom. The zero-order valence-corrected chi connectivity index (χ0v) is 15.3. The maximum Gasteiger partial charge on any atom is 0.264 e. The predicted molar refractivity (Wildman–Crippen MR) is 110 cm³/mol. The molecule has 0 aliphatic heterocycles. The van der Waals surface area contributed by atoms with Gasteiger partial charge in [-0.05, 0) is 30.3 Å². The van der Waals surface area contributed by atoms with Crippen molar-refractivity contribution in [1.29, 1.82) is 0 Å². The molecule has 4 rings (SSSR count). The monoisotopic (exact) mass is 387 g/mol. The third kappa shape index (κ3) is 4.11. The minimum atomic E-state index is -0.276. The zero-order valence-electron chi connectivity index (χ0n) is 15.3. The fourth-order valence-electron chi connectivity index (χ4n) is 3.03. The van der Waals surface area contributed by atoms with Gasteiger partial charge in [-0.2, -0.15) is 10.2 Å². The molecule has 0 spiro atoms. The van der Waals surface area contributed by atoms with Gasteiger partial charge in [0.15, 0.2) is 0 Å². The van der Waals surface area contributed by atoms with Crippen LogP contribution >= 0.6 is 0 Å². The van der Waals surface area contributed by atoms with Gasteiger partial charge in [0.2, 0.25) is 11.3 Å². The lowest BCUT2D eigenvalue weighted by atomic mass is 10.1. The van der Waals surface area contributed by atoms with Crippen molar-refractivity contribution in [1.82, 2.24) is 20.0 Å².